The second kappa shape index (κ2) is 20.7. The largest absolute Gasteiger partial charge is 0.341 e. The molecule has 1 aromatic heterocycles. The van der Waals surface area contributed by atoms with E-state index in [-0.39, 0.29) is 30.8 Å². The summed E-state index contributed by atoms with van der Waals surface area (Å²) in [4.78, 5) is 48.2. The first kappa shape index (κ1) is 40.6. The van der Waals surface area contributed by atoms with Crippen LogP contribution in [0, 0.1) is 35.5 Å². The van der Waals surface area contributed by atoms with Crippen LogP contribution in [0.4, 0.5) is 0 Å². The van der Waals surface area contributed by atoms with Crippen molar-refractivity contribution in [1.29, 1.82) is 0 Å². The summed E-state index contributed by atoms with van der Waals surface area (Å²) in [5.74, 6) is 2.70. The Morgan fingerprint density at radius 2 is 0.933 bits per heavy atom. The fourth-order valence-corrected chi connectivity index (χ4v) is 5.67. The van der Waals surface area contributed by atoms with Gasteiger partial charge in [0.2, 0.25) is 18.1 Å². The van der Waals surface area contributed by atoms with Gasteiger partial charge in [0.1, 0.15) is 12.4 Å². The second-order valence-corrected chi connectivity index (χ2v) is 15.6. The molecule has 0 N–H and O–H groups in total. The highest BCUT2D eigenvalue weighted by Gasteiger charge is 2.24. The zero-order valence-corrected chi connectivity index (χ0v) is 31.1. The molecule has 0 fully saturated rings. The molecule has 0 aliphatic carbocycles. The predicted octanol–water partition coefficient (Wildman–Crippen LogP) is 4.89. The van der Waals surface area contributed by atoms with E-state index < -0.39 is 0 Å². The summed E-state index contributed by atoms with van der Waals surface area (Å²) < 4.78 is 4.05. The summed E-state index contributed by atoms with van der Waals surface area (Å²) >= 11 is 0. The molecule has 9 nitrogen and oxygen atoms in total. The number of rotatable bonds is 22. The molecule has 0 radical (unpaired) electrons. The molecule has 0 aliphatic heterocycles. The number of carbonyl (C=O) groups is 3. The Kier molecular flexibility index (Phi) is 18.6. The normalized spacial score (nSPS) is 12.1. The first-order valence-electron chi connectivity index (χ1n) is 17.6. The summed E-state index contributed by atoms with van der Waals surface area (Å²) in [6, 6.07) is 0. The number of aryl methyl sites for hydroxylation is 1. The van der Waals surface area contributed by atoms with Crippen LogP contribution in [0.5, 0.6) is 0 Å². The van der Waals surface area contributed by atoms with E-state index in [0.717, 1.165) is 52.2 Å². The summed E-state index contributed by atoms with van der Waals surface area (Å²) in [7, 11) is 0. The summed E-state index contributed by atoms with van der Waals surface area (Å²) in [5, 5.41) is 0. The topological polar surface area (TPSA) is 73.0 Å². The lowest BCUT2D eigenvalue weighted by Gasteiger charge is -2.32. The van der Waals surface area contributed by atoms with Gasteiger partial charge < -0.3 is 14.7 Å². The lowest BCUT2D eigenvalue weighted by atomic mass is 10.1. The highest BCUT2D eigenvalue weighted by atomic mass is 16.2. The van der Waals surface area contributed by atoms with E-state index in [1.165, 1.54) is 0 Å². The minimum Gasteiger partial charge on any atom is -0.341 e. The average Bonchev–Trinajstić information content (AvgIpc) is 3.32. The summed E-state index contributed by atoms with van der Waals surface area (Å²) in [6.07, 6.45) is 6.74. The number of carbonyl (C=O) groups excluding carboxylic acids is 3. The number of hydrogen-bond donors (Lipinski definition) is 0. The lowest BCUT2D eigenvalue weighted by Crippen LogP contribution is -2.48. The lowest BCUT2D eigenvalue weighted by molar-refractivity contribution is -0.684. The molecule has 0 bridgehead atoms. The van der Waals surface area contributed by atoms with Crippen LogP contribution in [-0.4, -0.2) is 101 Å². The van der Waals surface area contributed by atoms with Crippen molar-refractivity contribution in [2.24, 2.45) is 35.5 Å². The number of amides is 3. The van der Waals surface area contributed by atoms with Gasteiger partial charge in [-0.25, -0.2) is 9.13 Å². The monoisotopic (exact) mass is 634 g/mol. The Bertz CT molecular complexity index is 933. The molecule has 1 aromatic rings. The molecule has 0 spiro atoms. The maximum Gasteiger partial charge on any atom is 0.264 e. The number of nitrogens with zero attached hydrogens (tertiary/aromatic N) is 6. The van der Waals surface area contributed by atoms with Crippen LogP contribution in [0.15, 0.2) is 18.7 Å². The minimum atomic E-state index is 0.0918. The summed E-state index contributed by atoms with van der Waals surface area (Å²) in [6.45, 7) is 32.3. The maximum absolute atomic E-state index is 13.6. The Balaban J connectivity index is 3.00. The van der Waals surface area contributed by atoms with Crippen molar-refractivity contribution in [1.82, 2.24) is 24.2 Å². The molecular weight excluding hydrogens is 564 g/mol. The fraction of sp³-hybridized carbons (Fsp3) is 0.833. The van der Waals surface area contributed by atoms with E-state index in [2.05, 4.69) is 87.7 Å². The molecular formula is C36H69N6O3+. The van der Waals surface area contributed by atoms with Gasteiger partial charge in [-0.2, -0.15) is 0 Å². The van der Waals surface area contributed by atoms with Crippen LogP contribution in [0.2, 0.25) is 0 Å². The summed E-state index contributed by atoms with van der Waals surface area (Å²) in [5.41, 5.74) is 0. The van der Waals surface area contributed by atoms with Gasteiger partial charge in [-0.05, 0) is 41.9 Å². The van der Waals surface area contributed by atoms with Gasteiger partial charge in [0.05, 0.1) is 19.6 Å². The average molecular weight is 634 g/mol. The Hall–Kier alpha value is -2.42. The van der Waals surface area contributed by atoms with E-state index in [1.807, 2.05) is 42.9 Å². The predicted molar refractivity (Wildman–Crippen MR) is 184 cm³/mol. The van der Waals surface area contributed by atoms with Crippen molar-refractivity contribution < 1.29 is 19.0 Å². The molecule has 0 aliphatic rings. The molecule has 3 amide bonds. The van der Waals surface area contributed by atoms with Crippen LogP contribution in [0.25, 0.3) is 0 Å². The SMILES string of the molecule is CC(C)CN(CC(C)C)C(=O)CN(CCCn1cc[n+](CC(=O)N(CC(C)C)CC(C)C)c1)CC(=O)N(CC(C)C)CC(C)C. The van der Waals surface area contributed by atoms with Crippen molar-refractivity contribution in [2.75, 3.05) is 58.9 Å². The number of hydrogen-bond acceptors (Lipinski definition) is 4. The number of aromatic nitrogens is 2. The molecule has 1 heterocycles. The van der Waals surface area contributed by atoms with E-state index in [4.69, 9.17) is 0 Å². The van der Waals surface area contributed by atoms with Gasteiger partial charge in [-0.15, -0.1) is 0 Å². The Morgan fingerprint density at radius 1 is 0.578 bits per heavy atom. The van der Waals surface area contributed by atoms with Gasteiger partial charge >= 0.3 is 0 Å². The van der Waals surface area contributed by atoms with Gasteiger partial charge in [-0.3, -0.25) is 19.3 Å². The minimum absolute atomic E-state index is 0.0918. The molecule has 9 heteroatoms. The zero-order valence-electron chi connectivity index (χ0n) is 31.1. The number of imidazole rings is 1. The first-order valence-corrected chi connectivity index (χ1v) is 17.6. The third-order valence-corrected chi connectivity index (χ3v) is 7.24. The third-order valence-electron chi connectivity index (χ3n) is 7.24. The van der Waals surface area contributed by atoms with Gasteiger partial charge in [0.15, 0.2) is 6.54 Å². The Labute approximate surface area is 276 Å². The van der Waals surface area contributed by atoms with E-state index in [0.29, 0.717) is 48.6 Å². The molecule has 260 valence electrons. The van der Waals surface area contributed by atoms with Crippen LogP contribution in [0.3, 0.4) is 0 Å². The van der Waals surface area contributed by atoms with Crippen LogP contribution >= 0.6 is 0 Å². The molecule has 0 aromatic carbocycles. The molecule has 0 atom stereocenters. The quantitative estimate of drug-likeness (QED) is 0.171. The van der Waals surface area contributed by atoms with Crippen molar-refractivity contribution >= 4 is 17.7 Å². The standard InChI is InChI=1S/C36H69N6O3/c1-28(2)18-40(19-29(3)4)34(43)24-38(25-35(44)41(20-30(5)6)21-31(7)8)15-13-14-37-16-17-39(27-37)26-36(45)42(22-32(9)10)23-33(11)12/h16-17,27-33H,13-15,18-26H2,1-12H3/q+1. The van der Waals surface area contributed by atoms with Crippen LogP contribution in [0.1, 0.15) is 89.5 Å². The molecule has 1 rings (SSSR count). The van der Waals surface area contributed by atoms with Crippen molar-refractivity contribution in [3.63, 3.8) is 0 Å². The third kappa shape index (κ3) is 17.7. The fourth-order valence-electron chi connectivity index (χ4n) is 5.67. The van der Waals surface area contributed by atoms with Gasteiger partial charge in [0.25, 0.3) is 5.91 Å². The highest BCUT2D eigenvalue weighted by molar-refractivity contribution is 5.81. The van der Waals surface area contributed by atoms with E-state index in [9.17, 15) is 14.4 Å². The van der Waals surface area contributed by atoms with Crippen molar-refractivity contribution in [3.8, 4) is 0 Å². The van der Waals surface area contributed by atoms with Gasteiger partial charge in [0, 0.05) is 45.8 Å². The van der Waals surface area contributed by atoms with Crippen LogP contribution in [-0.2, 0) is 27.5 Å². The maximum atomic E-state index is 13.6. The zero-order chi connectivity index (χ0) is 34.3. The Morgan fingerprint density at radius 3 is 1.29 bits per heavy atom. The van der Waals surface area contributed by atoms with Crippen molar-refractivity contribution in [3.05, 3.63) is 18.7 Å². The molecule has 0 saturated heterocycles. The first-order chi connectivity index (χ1) is 21.0. The van der Waals surface area contributed by atoms with Gasteiger partial charge in [-0.1, -0.05) is 83.1 Å². The van der Waals surface area contributed by atoms with Crippen LogP contribution < -0.4 is 4.57 Å². The van der Waals surface area contributed by atoms with E-state index >= 15 is 0 Å². The smallest absolute Gasteiger partial charge is 0.264 e. The molecule has 45 heavy (non-hydrogen) atoms. The molecule has 0 unspecified atom stereocenters. The van der Waals surface area contributed by atoms with E-state index in [1.54, 1.807) is 0 Å². The molecule has 0 saturated carbocycles. The highest BCUT2D eigenvalue weighted by Crippen LogP contribution is 2.10. The second-order valence-electron chi connectivity index (χ2n) is 15.6. The van der Waals surface area contributed by atoms with Crippen molar-refractivity contribution in [2.45, 2.75) is 103 Å².